The number of likely N-dealkylation sites (tertiary alicyclic amines) is 1. The van der Waals surface area contributed by atoms with Gasteiger partial charge in [0.1, 0.15) is 11.8 Å². The van der Waals surface area contributed by atoms with E-state index < -0.39 is 6.04 Å². The molecule has 1 aliphatic rings. The zero-order chi connectivity index (χ0) is 16.9. The monoisotopic (exact) mass is 327 g/mol. The van der Waals surface area contributed by atoms with Gasteiger partial charge >= 0.3 is 0 Å². The van der Waals surface area contributed by atoms with E-state index >= 15 is 0 Å². The molecule has 1 saturated heterocycles. The number of nitrogens with one attached hydrogen (secondary N) is 2. The van der Waals surface area contributed by atoms with Crippen molar-refractivity contribution in [2.24, 2.45) is 0 Å². The Balaban J connectivity index is 1.65. The van der Waals surface area contributed by atoms with E-state index in [1.165, 1.54) is 0 Å². The summed E-state index contributed by atoms with van der Waals surface area (Å²) in [5, 5.41) is 2.90. The highest BCUT2D eigenvalue weighted by molar-refractivity contribution is 5.98. The van der Waals surface area contributed by atoms with Gasteiger partial charge in [-0.25, -0.2) is 0 Å². The van der Waals surface area contributed by atoms with Gasteiger partial charge in [-0.2, -0.15) is 0 Å². The van der Waals surface area contributed by atoms with Gasteiger partial charge in [0, 0.05) is 24.0 Å². The summed E-state index contributed by atoms with van der Waals surface area (Å²) in [6, 6.07) is 10.4. The molecule has 1 aliphatic heterocycles. The average molecular weight is 327 g/mol. The lowest BCUT2D eigenvalue weighted by Gasteiger charge is -2.24. The molecular formula is C18H21N3O3. The summed E-state index contributed by atoms with van der Waals surface area (Å²) in [7, 11) is 1.59. The Morgan fingerprint density at radius 2 is 2.08 bits per heavy atom. The first-order valence-corrected chi connectivity index (χ1v) is 8.04. The Kier molecular flexibility index (Phi) is 4.84. The maximum Gasteiger partial charge on any atom is 0.254 e. The maximum absolute atomic E-state index is 12.7. The van der Waals surface area contributed by atoms with Crippen molar-refractivity contribution < 1.29 is 14.3 Å². The first kappa shape index (κ1) is 16.1. The molecule has 1 fully saturated rings. The molecule has 0 spiro atoms. The van der Waals surface area contributed by atoms with Crippen molar-refractivity contribution >= 4 is 11.8 Å². The van der Waals surface area contributed by atoms with Crippen LogP contribution in [0, 0.1) is 0 Å². The molecule has 1 atom stereocenters. The minimum absolute atomic E-state index is 0.107. The molecule has 126 valence electrons. The Bertz CT molecular complexity index is 695. The molecule has 0 aliphatic carbocycles. The van der Waals surface area contributed by atoms with Crippen LogP contribution in [0.3, 0.4) is 0 Å². The van der Waals surface area contributed by atoms with Crippen LogP contribution >= 0.6 is 0 Å². The van der Waals surface area contributed by atoms with Crippen molar-refractivity contribution in [2.75, 3.05) is 13.7 Å². The molecule has 1 aromatic heterocycles. The van der Waals surface area contributed by atoms with Crippen molar-refractivity contribution in [2.45, 2.75) is 25.4 Å². The van der Waals surface area contributed by atoms with E-state index in [-0.39, 0.29) is 11.8 Å². The Morgan fingerprint density at radius 3 is 2.75 bits per heavy atom. The number of benzene rings is 1. The number of hydrogen-bond acceptors (Lipinski definition) is 3. The Labute approximate surface area is 140 Å². The highest BCUT2D eigenvalue weighted by atomic mass is 16.5. The van der Waals surface area contributed by atoms with Crippen LogP contribution in [0.1, 0.15) is 28.9 Å². The number of carbonyl (C=O) groups is 2. The predicted octanol–water partition coefficient (Wildman–Crippen LogP) is 1.94. The fraction of sp³-hybridized carbons (Fsp3) is 0.333. The summed E-state index contributed by atoms with van der Waals surface area (Å²) < 4.78 is 5.11. The molecule has 3 rings (SSSR count). The molecule has 2 amide bonds. The number of methoxy groups -OCH3 is 1. The minimum atomic E-state index is -0.408. The highest BCUT2D eigenvalue weighted by Crippen LogP contribution is 2.21. The van der Waals surface area contributed by atoms with Crippen LogP contribution in [0.2, 0.25) is 0 Å². The van der Waals surface area contributed by atoms with E-state index in [4.69, 9.17) is 4.74 Å². The fourth-order valence-corrected chi connectivity index (χ4v) is 2.96. The molecule has 1 aromatic carbocycles. The van der Waals surface area contributed by atoms with Crippen molar-refractivity contribution in [3.63, 3.8) is 0 Å². The fourth-order valence-electron chi connectivity index (χ4n) is 2.96. The van der Waals surface area contributed by atoms with Crippen LogP contribution in [-0.4, -0.2) is 41.4 Å². The molecular weight excluding hydrogens is 306 g/mol. The number of amides is 2. The van der Waals surface area contributed by atoms with Crippen molar-refractivity contribution in [1.29, 1.82) is 0 Å². The topological polar surface area (TPSA) is 74.4 Å². The zero-order valence-corrected chi connectivity index (χ0v) is 13.6. The number of H-pyrrole nitrogens is 1. The van der Waals surface area contributed by atoms with Gasteiger partial charge in [-0.3, -0.25) is 9.59 Å². The van der Waals surface area contributed by atoms with Crippen LogP contribution in [0.15, 0.2) is 42.6 Å². The van der Waals surface area contributed by atoms with Crippen LogP contribution in [0.4, 0.5) is 0 Å². The number of carbonyl (C=O) groups excluding carboxylic acids is 2. The summed E-state index contributed by atoms with van der Waals surface area (Å²) in [6.07, 6.45) is 3.34. The van der Waals surface area contributed by atoms with Gasteiger partial charge in [0.25, 0.3) is 5.91 Å². The molecule has 2 heterocycles. The van der Waals surface area contributed by atoms with Crippen LogP contribution in [-0.2, 0) is 11.3 Å². The lowest BCUT2D eigenvalue weighted by molar-refractivity contribution is -0.125. The number of ether oxygens (including phenoxy) is 1. The maximum atomic E-state index is 12.7. The number of rotatable bonds is 5. The van der Waals surface area contributed by atoms with Gasteiger partial charge in [-0.05, 0) is 49.2 Å². The zero-order valence-electron chi connectivity index (χ0n) is 13.6. The second kappa shape index (κ2) is 7.21. The summed E-state index contributed by atoms with van der Waals surface area (Å²) >= 11 is 0. The van der Waals surface area contributed by atoms with E-state index in [9.17, 15) is 9.59 Å². The van der Waals surface area contributed by atoms with E-state index in [0.29, 0.717) is 30.8 Å². The normalized spacial score (nSPS) is 16.9. The summed E-state index contributed by atoms with van der Waals surface area (Å²) in [5.74, 6) is 0.479. The second-order valence-corrected chi connectivity index (χ2v) is 5.80. The number of hydrogen-bond donors (Lipinski definition) is 2. The molecule has 2 N–H and O–H groups in total. The third kappa shape index (κ3) is 3.42. The lowest BCUT2D eigenvalue weighted by atomic mass is 10.1. The molecule has 0 bridgehead atoms. The van der Waals surface area contributed by atoms with Crippen LogP contribution in [0.5, 0.6) is 5.75 Å². The molecule has 0 unspecified atom stereocenters. The molecule has 2 aromatic rings. The SMILES string of the molecule is COc1ccc(C(=O)N2CCC[C@@H]2C(=O)NCc2ccc[nH]2)cc1. The second-order valence-electron chi connectivity index (χ2n) is 5.80. The largest absolute Gasteiger partial charge is 0.497 e. The Morgan fingerprint density at radius 1 is 1.29 bits per heavy atom. The van der Waals surface area contributed by atoms with E-state index in [1.54, 1.807) is 36.3 Å². The molecule has 6 heteroatoms. The standard InChI is InChI=1S/C18H21N3O3/c1-24-15-8-6-13(7-9-15)18(23)21-11-3-5-16(21)17(22)20-12-14-4-2-10-19-14/h2,4,6-10,16,19H,3,5,11-12H2,1H3,(H,20,22)/t16-/m1/s1. The van der Waals surface area contributed by atoms with E-state index in [2.05, 4.69) is 10.3 Å². The van der Waals surface area contributed by atoms with Gasteiger partial charge in [0.2, 0.25) is 5.91 Å². The van der Waals surface area contributed by atoms with Crippen molar-refractivity contribution in [3.8, 4) is 5.75 Å². The average Bonchev–Trinajstić information content (AvgIpc) is 3.30. The minimum Gasteiger partial charge on any atom is -0.497 e. The van der Waals surface area contributed by atoms with Gasteiger partial charge in [-0.1, -0.05) is 0 Å². The molecule has 24 heavy (non-hydrogen) atoms. The van der Waals surface area contributed by atoms with Gasteiger partial charge < -0.3 is 19.9 Å². The van der Waals surface area contributed by atoms with Crippen LogP contribution < -0.4 is 10.1 Å². The van der Waals surface area contributed by atoms with E-state index in [1.807, 2.05) is 18.3 Å². The number of aromatic nitrogens is 1. The van der Waals surface area contributed by atoms with Gasteiger partial charge in [0.05, 0.1) is 13.7 Å². The quantitative estimate of drug-likeness (QED) is 0.881. The van der Waals surface area contributed by atoms with Crippen LogP contribution in [0.25, 0.3) is 0 Å². The van der Waals surface area contributed by atoms with Crippen molar-refractivity contribution in [3.05, 3.63) is 53.9 Å². The highest BCUT2D eigenvalue weighted by Gasteiger charge is 2.34. The summed E-state index contributed by atoms with van der Waals surface area (Å²) in [5.41, 5.74) is 1.51. The Hall–Kier alpha value is -2.76. The molecule has 6 nitrogen and oxygen atoms in total. The van der Waals surface area contributed by atoms with Gasteiger partial charge in [-0.15, -0.1) is 0 Å². The first-order chi connectivity index (χ1) is 11.7. The summed E-state index contributed by atoms with van der Waals surface area (Å²) in [4.78, 5) is 29.8. The summed E-state index contributed by atoms with van der Waals surface area (Å²) in [6.45, 7) is 1.04. The third-order valence-electron chi connectivity index (χ3n) is 4.27. The van der Waals surface area contributed by atoms with Gasteiger partial charge in [0.15, 0.2) is 0 Å². The molecule has 0 saturated carbocycles. The molecule has 0 radical (unpaired) electrons. The smallest absolute Gasteiger partial charge is 0.254 e. The lowest BCUT2D eigenvalue weighted by Crippen LogP contribution is -2.45. The van der Waals surface area contributed by atoms with Crippen molar-refractivity contribution in [1.82, 2.24) is 15.2 Å². The first-order valence-electron chi connectivity index (χ1n) is 8.04. The third-order valence-corrected chi connectivity index (χ3v) is 4.27. The predicted molar refractivity (Wildman–Crippen MR) is 89.7 cm³/mol. The number of aromatic amines is 1. The number of nitrogens with zero attached hydrogens (tertiary/aromatic N) is 1. The van der Waals surface area contributed by atoms with E-state index in [0.717, 1.165) is 12.1 Å².